The van der Waals surface area contributed by atoms with Gasteiger partial charge in [0.1, 0.15) is 11.8 Å². The van der Waals surface area contributed by atoms with Crippen LogP contribution in [0.1, 0.15) is 47.5 Å². The van der Waals surface area contributed by atoms with E-state index in [0.717, 1.165) is 12.2 Å². The number of aliphatic hydroxyl groups excluding tert-OH is 1. The van der Waals surface area contributed by atoms with Gasteiger partial charge in [0.15, 0.2) is 0 Å². The van der Waals surface area contributed by atoms with Crippen molar-refractivity contribution in [1.82, 2.24) is 10.2 Å². The summed E-state index contributed by atoms with van der Waals surface area (Å²) in [4.78, 5) is 42.7. The molecular formula is C26H37N3O5S. The normalized spacial score (nSPS) is 30.1. The summed E-state index contributed by atoms with van der Waals surface area (Å²) in [5.74, 6) is -1.01. The van der Waals surface area contributed by atoms with E-state index in [-0.39, 0.29) is 41.5 Å². The molecule has 2 bridgehead atoms. The number of nitrogens with zero attached hydrogens (tertiary/aromatic N) is 1. The van der Waals surface area contributed by atoms with Crippen LogP contribution < -0.4 is 15.4 Å². The zero-order chi connectivity index (χ0) is 25.5. The first-order chi connectivity index (χ1) is 16.6. The maximum absolute atomic E-state index is 14.0. The maximum Gasteiger partial charge on any atom is 0.244 e. The van der Waals surface area contributed by atoms with E-state index in [1.807, 2.05) is 34.6 Å². The highest BCUT2D eigenvalue weighted by Gasteiger charge is 2.74. The van der Waals surface area contributed by atoms with Gasteiger partial charge in [-0.05, 0) is 63.8 Å². The van der Waals surface area contributed by atoms with Crippen LogP contribution in [0, 0.1) is 17.8 Å². The zero-order valence-electron chi connectivity index (χ0n) is 21.1. The SMILES string of the molecule is CCOc1ccc(NC(=O)[C@@H]2[C@@H]3CCC4(S3)C(C(=O)NC(C)C)N([C@@H](CO)C(C)C)C(=O)[C@H]24)cc1. The minimum atomic E-state index is -0.708. The van der Waals surface area contributed by atoms with Gasteiger partial charge < -0.3 is 25.4 Å². The zero-order valence-corrected chi connectivity index (χ0v) is 21.9. The van der Waals surface area contributed by atoms with Crippen LogP contribution in [0.25, 0.3) is 0 Å². The Kier molecular flexibility index (Phi) is 7.38. The van der Waals surface area contributed by atoms with Crippen LogP contribution in [0.4, 0.5) is 5.69 Å². The molecule has 3 heterocycles. The molecule has 192 valence electrons. The molecule has 1 spiro atoms. The lowest BCUT2D eigenvalue weighted by atomic mass is 9.70. The van der Waals surface area contributed by atoms with Gasteiger partial charge in [-0.3, -0.25) is 14.4 Å². The molecule has 4 rings (SSSR count). The number of hydrogen-bond acceptors (Lipinski definition) is 6. The molecule has 3 fully saturated rings. The average molecular weight is 504 g/mol. The Labute approximate surface area is 211 Å². The molecule has 1 aromatic carbocycles. The Balaban J connectivity index is 1.66. The highest BCUT2D eigenvalue weighted by molar-refractivity contribution is 8.02. The summed E-state index contributed by atoms with van der Waals surface area (Å²) in [6.45, 7) is 9.92. The molecule has 0 aromatic heterocycles. The fourth-order valence-corrected chi connectivity index (χ4v) is 8.26. The highest BCUT2D eigenvalue weighted by Crippen LogP contribution is 2.66. The third-order valence-electron chi connectivity index (χ3n) is 7.47. The highest BCUT2D eigenvalue weighted by atomic mass is 32.2. The third-order valence-corrected chi connectivity index (χ3v) is 9.42. The van der Waals surface area contributed by atoms with Crippen LogP contribution in [0.3, 0.4) is 0 Å². The molecule has 1 aromatic rings. The van der Waals surface area contributed by atoms with Gasteiger partial charge in [0.25, 0.3) is 0 Å². The maximum atomic E-state index is 14.0. The van der Waals surface area contributed by atoms with E-state index in [9.17, 15) is 19.5 Å². The van der Waals surface area contributed by atoms with Crippen molar-refractivity contribution in [2.45, 2.75) is 75.6 Å². The van der Waals surface area contributed by atoms with Crippen molar-refractivity contribution in [3.8, 4) is 5.75 Å². The lowest BCUT2D eigenvalue weighted by molar-refractivity contribution is -0.143. The summed E-state index contributed by atoms with van der Waals surface area (Å²) >= 11 is 1.63. The van der Waals surface area contributed by atoms with Crippen molar-refractivity contribution < 1.29 is 24.2 Å². The molecule has 3 saturated heterocycles. The second-order valence-electron chi connectivity index (χ2n) is 10.4. The Morgan fingerprint density at radius 3 is 2.46 bits per heavy atom. The summed E-state index contributed by atoms with van der Waals surface area (Å²) < 4.78 is 4.81. The number of anilines is 1. The number of nitrogens with one attached hydrogen (secondary N) is 2. The lowest BCUT2D eigenvalue weighted by Gasteiger charge is -2.38. The van der Waals surface area contributed by atoms with Crippen molar-refractivity contribution in [2.24, 2.45) is 17.8 Å². The van der Waals surface area contributed by atoms with Crippen LogP contribution in [-0.2, 0) is 14.4 Å². The third kappa shape index (κ3) is 4.42. The second-order valence-corrected chi connectivity index (χ2v) is 12.0. The van der Waals surface area contributed by atoms with Gasteiger partial charge in [0.2, 0.25) is 17.7 Å². The second kappa shape index (κ2) is 10.0. The molecule has 3 aliphatic heterocycles. The molecule has 3 amide bonds. The molecule has 9 heteroatoms. The van der Waals surface area contributed by atoms with Gasteiger partial charge in [0.05, 0.1) is 35.8 Å². The number of hydrogen-bond donors (Lipinski definition) is 3. The number of rotatable bonds is 9. The van der Waals surface area contributed by atoms with E-state index >= 15 is 0 Å². The Morgan fingerprint density at radius 1 is 1.20 bits per heavy atom. The molecule has 3 aliphatic rings. The average Bonchev–Trinajstić information content (AvgIpc) is 3.43. The molecule has 2 unspecified atom stereocenters. The molecule has 0 saturated carbocycles. The number of carbonyl (C=O) groups is 3. The van der Waals surface area contributed by atoms with Crippen molar-refractivity contribution in [2.75, 3.05) is 18.5 Å². The van der Waals surface area contributed by atoms with Crippen LogP contribution in [-0.4, -0.2) is 69.1 Å². The van der Waals surface area contributed by atoms with Gasteiger partial charge in [0, 0.05) is 17.0 Å². The first kappa shape index (κ1) is 25.8. The smallest absolute Gasteiger partial charge is 0.244 e. The quantitative estimate of drug-likeness (QED) is 0.478. The lowest BCUT2D eigenvalue weighted by Crippen LogP contribution is -2.58. The Bertz CT molecular complexity index is 968. The molecule has 3 N–H and O–H groups in total. The number of ether oxygens (including phenoxy) is 1. The monoisotopic (exact) mass is 503 g/mol. The van der Waals surface area contributed by atoms with E-state index in [1.54, 1.807) is 40.9 Å². The fourth-order valence-electron chi connectivity index (χ4n) is 6.06. The summed E-state index contributed by atoms with van der Waals surface area (Å²) in [5.41, 5.74) is 0.645. The fraction of sp³-hybridized carbons (Fsp3) is 0.654. The number of aliphatic hydroxyl groups is 1. The first-order valence-electron chi connectivity index (χ1n) is 12.6. The molecule has 35 heavy (non-hydrogen) atoms. The summed E-state index contributed by atoms with van der Waals surface area (Å²) in [6.07, 6.45) is 1.48. The van der Waals surface area contributed by atoms with E-state index in [1.165, 1.54) is 0 Å². The standard InChI is InChI=1S/C26H37N3O5S/c1-6-34-17-9-7-16(8-10-17)28-23(31)20-19-11-12-26(35-19)21(20)25(33)29(18(13-30)14(2)3)22(26)24(32)27-15(4)5/h7-10,14-15,18-22,30H,6,11-13H2,1-5H3,(H,27,32)(H,28,31)/t18-,19-,20+,21-,22?,26?/m0/s1. The van der Waals surface area contributed by atoms with Gasteiger partial charge in [-0.2, -0.15) is 0 Å². The predicted octanol–water partition coefficient (Wildman–Crippen LogP) is 2.66. The number of amides is 3. The van der Waals surface area contributed by atoms with E-state index in [0.29, 0.717) is 18.7 Å². The van der Waals surface area contributed by atoms with Crippen molar-refractivity contribution in [1.29, 1.82) is 0 Å². The van der Waals surface area contributed by atoms with Crippen LogP contribution in [0.15, 0.2) is 24.3 Å². The first-order valence-corrected chi connectivity index (χ1v) is 13.5. The van der Waals surface area contributed by atoms with Gasteiger partial charge in [-0.15, -0.1) is 11.8 Å². The number of carbonyl (C=O) groups excluding carboxylic acids is 3. The molecule has 6 atom stereocenters. The number of benzene rings is 1. The Hall–Kier alpha value is -2.26. The largest absolute Gasteiger partial charge is 0.494 e. The van der Waals surface area contributed by atoms with Crippen LogP contribution in [0.5, 0.6) is 5.75 Å². The van der Waals surface area contributed by atoms with Gasteiger partial charge in [-0.1, -0.05) is 13.8 Å². The number of thioether (sulfide) groups is 1. The minimum Gasteiger partial charge on any atom is -0.494 e. The molecule has 8 nitrogen and oxygen atoms in total. The van der Waals surface area contributed by atoms with Gasteiger partial charge >= 0.3 is 0 Å². The Morgan fingerprint density at radius 2 is 1.89 bits per heavy atom. The topological polar surface area (TPSA) is 108 Å². The molecule has 0 aliphatic carbocycles. The minimum absolute atomic E-state index is 0.0187. The van der Waals surface area contributed by atoms with Crippen molar-refractivity contribution in [3.63, 3.8) is 0 Å². The van der Waals surface area contributed by atoms with E-state index < -0.39 is 28.7 Å². The summed E-state index contributed by atoms with van der Waals surface area (Å²) in [5, 5.41) is 16.2. The predicted molar refractivity (Wildman–Crippen MR) is 136 cm³/mol. The summed E-state index contributed by atoms with van der Waals surface area (Å²) in [6, 6.07) is 5.92. The molecular weight excluding hydrogens is 466 g/mol. The molecule has 0 radical (unpaired) electrons. The van der Waals surface area contributed by atoms with E-state index in [2.05, 4.69) is 10.6 Å². The van der Waals surface area contributed by atoms with E-state index in [4.69, 9.17) is 4.74 Å². The number of fused-ring (bicyclic) bond motifs is 1. The van der Waals surface area contributed by atoms with Crippen LogP contribution in [0.2, 0.25) is 0 Å². The van der Waals surface area contributed by atoms with Gasteiger partial charge in [-0.25, -0.2) is 0 Å². The van der Waals surface area contributed by atoms with Crippen molar-refractivity contribution >= 4 is 35.2 Å². The summed E-state index contributed by atoms with van der Waals surface area (Å²) in [7, 11) is 0. The number of likely N-dealkylation sites (tertiary alicyclic amines) is 1. The van der Waals surface area contributed by atoms with Crippen LogP contribution >= 0.6 is 11.8 Å². The van der Waals surface area contributed by atoms with Crippen molar-refractivity contribution in [3.05, 3.63) is 24.3 Å².